The van der Waals surface area contributed by atoms with Gasteiger partial charge in [0.05, 0.1) is 0 Å². The Bertz CT molecular complexity index is 923. The Labute approximate surface area is 183 Å². The van der Waals surface area contributed by atoms with Gasteiger partial charge in [0.1, 0.15) is 5.75 Å². The van der Waals surface area contributed by atoms with E-state index in [2.05, 4.69) is 12.1 Å². The first kappa shape index (κ1) is 22.4. The largest absolute Gasteiger partial charge is 0.478 e. The van der Waals surface area contributed by atoms with Crippen molar-refractivity contribution < 1.29 is 19.4 Å². The van der Waals surface area contributed by atoms with E-state index in [-0.39, 0.29) is 17.6 Å². The zero-order valence-corrected chi connectivity index (χ0v) is 19.1. The maximum absolute atomic E-state index is 13.2. The second kappa shape index (κ2) is 8.84. The normalized spacial score (nSPS) is 19.0. The minimum absolute atomic E-state index is 0.0221. The number of benzene rings is 2. The van der Waals surface area contributed by atoms with Crippen molar-refractivity contribution in [1.82, 2.24) is 0 Å². The van der Waals surface area contributed by atoms with Gasteiger partial charge in [-0.2, -0.15) is 0 Å². The van der Waals surface area contributed by atoms with Gasteiger partial charge in [-0.25, -0.2) is 4.79 Å². The molecule has 2 atom stereocenters. The first-order valence-corrected chi connectivity index (χ1v) is 11.6. The zero-order chi connectivity index (χ0) is 22.1. The number of carbonyl (C=O) groups is 2. The lowest BCUT2D eigenvalue weighted by Gasteiger charge is -2.26. The van der Waals surface area contributed by atoms with E-state index in [0.717, 1.165) is 46.4 Å². The summed E-state index contributed by atoms with van der Waals surface area (Å²) in [5.74, 6) is -0.0189. The number of Topliss-reactive ketones (excluding diaryl/α,β-unsaturated/α-hetero) is 1. The molecule has 0 radical (unpaired) electrons. The second-order valence-corrected chi connectivity index (χ2v) is 9.52. The molecule has 3 rings (SSSR count). The second-order valence-electron chi connectivity index (χ2n) is 8.64. The third kappa shape index (κ3) is 4.56. The Hall–Kier alpha value is -2.27. The average Bonchev–Trinajstić information content (AvgIpc) is 3.20. The summed E-state index contributed by atoms with van der Waals surface area (Å²) in [7, 11) is 0. The van der Waals surface area contributed by atoms with Crippen LogP contribution in [0.25, 0.3) is 0 Å². The van der Waals surface area contributed by atoms with Crippen LogP contribution in [-0.2, 0) is 4.79 Å². The number of carbonyl (C=O) groups excluding carboxylic acids is 1. The number of hydrogen-bond donors (Lipinski definition) is 1. The minimum atomic E-state index is -1.30. The molecule has 4 nitrogen and oxygen atoms in total. The number of aliphatic carboxylic acids is 1. The Balaban J connectivity index is 1.87. The standard InChI is InChI=1S/C25H30O4S/c1-15-13-18(14-16(2)23(15)29-25(3,4)24(27)28)20-7-6-8-21(20)22(26)17-9-11-19(30-5)12-10-17/h9-14,20-21H,6-8H2,1-5H3,(H,27,28)/t20-,21+/m0/s1. The van der Waals surface area contributed by atoms with Gasteiger partial charge in [0.2, 0.25) is 0 Å². The molecule has 0 amide bonds. The van der Waals surface area contributed by atoms with E-state index in [4.69, 9.17) is 4.74 Å². The summed E-state index contributed by atoms with van der Waals surface area (Å²) in [4.78, 5) is 25.8. The van der Waals surface area contributed by atoms with Crippen LogP contribution in [0, 0.1) is 19.8 Å². The van der Waals surface area contributed by atoms with Crippen LogP contribution >= 0.6 is 11.8 Å². The molecule has 1 saturated carbocycles. The SMILES string of the molecule is CSc1ccc(C(=O)[C@@H]2CCC[C@H]2c2cc(C)c(OC(C)(C)C(=O)O)c(C)c2)cc1. The summed E-state index contributed by atoms with van der Waals surface area (Å²) in [5.41, 5.74) is 2.43. The number of aryl methyl sites for hydroxylation is 2. The molecule has 0 bridgehead atoms. The van der Waals surface area contributed by atoms with Crippen molar-refractivity contribution in [3.63, 3.8) is 0 Å². The third-order valence-corrected chi connectivity index (χ3v) is 6.75. The van der Waals surface area contributed by atoms with E-state index < -0.39 is 11.6 Å². The van der Waals surface area contributed by atoms with E-state index in [1.807, 2.05) is 44.4 Å². The van der Waals surface area contributed by atoms with Gasteiger partial charge in [-0.1, -0.05) is 30.7 Å². The number of rotatable bonds is 7. The number of ether oxygens (including phenoxy) is 1. The summed E-state index contributed by atoms with van der Waals surface area (Å²) in [6, 6.07) is 12.0. The van der Waals surface area contributed by atoms with Gasteiger partial charge in [-0.05, 0) is 81.5 Å². The third-order valence-electron chi connectivity index (χ3n) is 6.01. The van der Waals surface area contributed by atoms with Gasteiger partial charge in [0.15, 0.2) is 11.4 Å². The first-order chi connectivity index (χ1) is 14.1. The highest BCUT2D eigenvalue weighted by atomic mass is 32.2. The van der Waals surface area contributed by atoms with E-state index in [1.165, 1.54) is 0 Å². The van der Waals surface area contributed by atoms with Crippen molar-refractivity contribution in [2.75, 3.05) is 6.26 Å². The predicted octanol–water partition coefficient (Wildman–Crippen LogP) is 6.03. The van der Waals surface area contributed by atoms with Gasteiger partial charge in [0.25, 0.3) is 0 Å². The Morgan fingerprint density at radius 3 is 2.20 bits per heavy atom. The highest BCUT2D eigenvalue weighted by Gasteiger charge is 2.35. The summed E-state index contributed by atoms with van der Waals surface area (Å²) >= 11 is 1.67. The molecule has 0 heterocycles. The van der Waals surface area contributed by atoms with Gasteiger partial charge >= 0.3 is 5.97 Å². The maximum atomic E-state index is 13.2. The lowest BCUT2D eigenvalue weighted by Crippen LogP contribution is -2.38. The quantitative estimate of drug-likeness (QED) is 0.432. The molecule has 1 aliphatic rings. The fourth-order valence-corrected chi connectivity index (χ4v) is 4.71. The van der Waals surface area contributed by atoms with Crippen molar-refractivity contribution in [2.24, 2.45) is 5.92 Å². The summed E-state index contributed by atoms with van der Waals surface area (Å²) in [5, 5.41) is 9.38. The van der Waals surface area contributed by atoms with Crippen LogP contribution in [0.5, 0.6) is 5.75 Å². The van der Waals surface area contributed by atoms with E-state index in [9.17, 15) is 14.7 Å². The molecule has 0 aliphatic heterocycles. The van der Waals surface area contributed by atoms with Crippen molar-refractivity contribution in [2.45, 2.75) is 63.4 Å². The lowest BCUT2D eigenvalue weighted by atomic mass is 9.82. The summed E-state index contributed by atoms with van der Waals surface area (Å²) in [6.45, 7) is 6.99. The first-order valence-electron chi connectivity index (χ1n) is 10.4. The topological polar surface area (TPSA) is 63.6 Å². The summed E-state index contributed by atoms with van der Waals surface area (Å²) in [6.07, 6.45) is 4.95. The molecular formula is C25H30O4S. The molecule has 1 N–H and O–H groups in total. The van der Waals surface area contributed by atoms with Crippen LogP contribution in [0.1, 0.15) is 66.1 Å². The van der Waals surface area contributed by atoms with E-state index in [1.54, 1.807) is 25.6 Å². The average molecular weight is 427 g/mol. The smallest absolute Gasteiger partial charge is 0.347 e. The Kier molecular flexibility index (Phi) is 6.61. The molecule has 0 spiro atoms. The lowest BCUT2D eigenvalue weighted by molar-refractivity contribution is -0.152. The van der Waals surface area contributed by atoms with Crippen molar-refractivity contribution in [3.8, 4) is 5.75 Å². The van der Waals surface area contributed by atoms with E-state index >= 15 is 0 Å². The number of hydrogen-bond acceptors (Lipinski definition) is 4. The van der Waals surface area contributed by atoms with Crippen LogP contribution < -0.4 is 4.74 Å². The van der Waals surface area contributed by atoms with Crippen molar-refractivity contribution in [3.05, 3.63) is 58.7 Å². The van der Waals surface area contributed by atoms with Crippen molar-refractivity contribution >= 4 is 23.5 Å². The molecule has 30 heavy (non-hydrogen) atoms. The molecule has 2 aromatic carbocycles. The molecule has 2 aromatic rings. The van der Waals surface area contributed by atoms with Crippen LogP contribution in [0.3, 0.4) is 0 Å². The molecule has 5 heteroatoms. The Morgan fingerprint density at radius 2 is 1.67 bits per heavy atom. The van der Waals surface area contributed by atoms with Gasteiger partial charge < -0.3 is 9.84 Å². The minimum Gasteiger partial charge on any atom is -0.478 e. The molecule has 0 saturated heterocycles. The molecule has 1 aliphatic carbocycles. The fraction of sp³-hybridized carbons (Fsp3) is 0.440. The van der Waals surface area contributed by atoms with Gasteiger partial charge in [-0.15, -0.1) is 11.8 Å². The highest BCUT2D eigenvalue weighted by Crippen LogP contribution is 2.43. The molecule has 0 aromatic heterocycles. The molecule has 160 valence electrons. The predicted molar refractivity (Wildman–Crippen MR) is 121 cm³/mol. The monoisotopic (exact) mass is 426 g/mol. The van der Waals surface area contributed by atoms with E-state index in [0.29, 0.717) is 5.75 Å². The maximum Gasteiger partial charge on any atom is 0.347 e. The van der Waals surface area contributed by atoms with Crippen LogP contribution in [-0.4, -0.2) is 28.7 Å². The Morgan fingerprint density at radius 1 is 1.07 bits per heavy atom. The highest BCUT2D eigenvalue weighted by molar-refractivity contribution is 7.98. The van der Waals surface area contributed by atoms with Gasteiger partial charge in [-0.3, -0.25) is 4.79 Å². The number of carboxylic acid groups (broad SMARTS) is 1. The summed E-state index contributed by atoms with van der Waals surface area (Å²) < 4.78 is 5.84. The van der Waals surface area contributed by atoms with Gasteiger partial charge in [0, 0.05) is 16.4 Å². The molecule has 1 fully saturated rings. The van der Waals surface area contributed by atoms with Crippen LogP contribution in [0.15, 0.2) is 41.3 Å². The van der Waals surface area contributed by atoms with Crippen LogP contribution in [0.2, 0.25) is 0 Å². The number of ketones is 1. The van der Waals surface area contributed by atoms with Crippen LogP contribution in [0.4, 0.5) is 0 Å². The fourth-order valence-electron chi connectivity index (χ4n) is 4.30. The number of thioether (sulfide) groups is 1. The zero-order valence-electron chi connectivity index (χ0n) is 18.3. The molecule has 0 unspecified atom stereocenters. The number of carboxylic acids is 1. The van der Waals surface area contributed by atoms with Crippen molar-refractivity contribution in [1.29, 1.82) is 0 Å². The molecular weight excluding hydrogens is 396 g/mol.